The minimum atomic E-state index is 0.272. The summed E-state index contributed by atoms with van der Waals surface area (Å²) in [4.78, 5) is 12.3. The monoisotopic (exact) mass is 254 g/mol. The number of rotatable bonds is 9. The van der Waals surface area contributed by atoms with Crippen molar-refractivity contribution in [3.8, 4) is 12.0 Å². The van der Waals surface area contributed by atoms with Gasteiger partial charge >= 0.3 is 12.0 Å². The lowest BCUT2D eigenvalue weighted by molar-refractivity contribution is 0.273. The molecule has 0 aliphatic rings. The molecule has 1 aromatic heterocycles. The zero-order valence-electron chi connectivity index (χ0n) is 11.4. The Balaban J connectivity index is 2.58. The van der Waals surface area contributed by atoms with Crippen LogP contribution in [-0.2, 0) is 0 Å². The molecule has 18 heavy (non-hydrogen) atoms. The molecule has 1 heterocycles. The lowest BCUT2D eigenvalue weighted by Gasteiger charge is -2.08. The minimum Gasteiger partial charge on any atom is -0.467 e. The van der Waals surface area contributed by atoms with E-state index in [-0.39, 0.29) is 6.01 Å². The zero-order chi connectivity index (χ0) is 13.2. The first-order chi connectivity index (χ1) is 8.80. The molecule has 0 amide bonds. The van der Waals surface area contributed by atoms with Gasteiger partial charge in [0.2, 0.25) is 5.95 Å². The highest BCUT2D eigenvalue weighted by molar-refractivity contribution is 5.27. The summed E-state index contributed by atoms with van der Waals surface area (Å²) in [5.41, 5.74) is 0. The van der Waals surface area contributed by atoms with Crippen molar-refractivity contribution < 1.29 is 9.47 Å². The molecule has 0 saturated heterocycles. The maximum absolute atomic E-state index is 5.49. The summed E-state index contributed by atoms with van der Waals surface area (Å²) in [6.45, 7) is 5.66. The standard InChI is InChI=1S/C12H22N4O2/c1-4-6-7-9-18-12-15-10(13-8-5-2)14-11(16-12)17-3/h4-9H2,1-3H3,(H,13,14,15,16). The van der Waals surface area contributed by atoms with E-state index in [1.165, 1.54) is 7.11 Å². The normalized spacial score (nSPS) is 10.2. The van der Waals surface area contributed by atoms with E-state index in [0.29, 0.717) is 18.6 Å². The second kappa shape index (κ2) is 8.49. The summed E-state index contributed by atoms with van der Waals surface area (Å²) in [5.74, 6) is 0.495. The molecular weight excluding hydrogens is 232 g/mol. The zero-order valence-corrected chi connectivity index (χ0v) is 11.4. The Morgan fingerprint density at radius 2 is 1.78 bits per heavy atom. The van der Waals surface area contributed by atoms with E-state index in [1.807, 2.05) is 0 Å². The molecule has 0 radical (unpaired) electrons. The van der Waals surface area contributed by atoms with Crippen molar-refractivity contribution in [2.75, 3.05) is 25.6 Å². The SMILES string of the molecule is CCCCCOc1nc(NCCC)nc(OC)n1. The van der Waals surface area contributed by atoms with Crippen LogP contribution >= 0.6 is 0 Å². The molecule has 1 rings (SSSR count). The Morgan fingerprint density at radius 3 is 2.44 bits per heavy atom. The lowest BCUT2D eigenvalue weighted by atomic mass is 10.3. The molecule has 102 valence electrons. The Hall–Kier alpha value is -1.59. The van der Waals surface area contributed by atoms with Crippen molar-refractivity contribution in [1.82, 2.24) is 15.0 Å². The molecule has 0 bridgehead atoms. The highest BCUT2D eigenvalue weighted by atomic mass is 16.5. The van der Waals surface area contributed by atoms with Crippen molar-refractivity contribution in [3.63, 3.8) is 0 Å². The van der Waals surface area contributed by atoms with Gasteiger partial charge in [0.05, 0.1) is 13.7 Å². The number of nitrogens with zero attached hydrogens (tertiary/aromatic N) is 3. The average Bonchev–Trinajstić information content (AvgIpc) is 2.41. The number of anilines is 1. The highest BCUT2D eigenvalue weighted by Gasteiger charge is 2.07. The van der Waals surface area contributed by atoms with Gasteiger partial charge in [-0.3, -0.25) is 0 Å². The number of aromatic nitrogens is 3. The Kier molecular flexibility index (Phi) is 6.83. The van der Waals surface area contributed by atoms with Gasteiger partial charge in [-0.25, -0.2) is 0 Å². The molecule has 0 unspecified atom stereocenters. The van der Waals surface area contributed by atoms with Gasteiger partial charge in [-0.05, 0) is 12.8 Å². The van der Waals surface area contributed by atoms with Crippen LogP contribution in [0.5, 0.6) is 12.0 Å². The Morgan fingerprint density at radius 1 is 1.00 bits per heavy atom. The summed E-state index contributed by atoms with van der Waals surface area (Å²) in [7, 11) is 1.53. The maximum atomic E-state index is 5.49. The third-order valence-electron chi connectivity index (χ3n) is 2.29. The highest BCUT2D eigenvalue weighted by Crippen LogP contribution is 2.13. The van der Waals surface area contributed by atoms with Crippen LogP contribution < -0.4 is 14.8 Å². The van der Waals surface area contributed by atoms with Gasteiger partial charge < -0.3 is 14.8 Å². The van der Waals surface area contributed by atoms with Crippen LogP contribution in [0.2, 0.25) is 0 Å². The summed E-state index contributed by atoms with van der Waals surface area (Å²) in [5, 5.41) is 3.09. The van der Waals surface area contributed by atoms with Crippen LogP contribution in [0.4, 0.5) is 5.95 Å². The molecule has 0 saturated carbocycles. The van der Waals surface area contributed by atoms with Gasteiger partial charge in [-0.1, -0.05) is 26.7 Å². The number of ether oxygens (including phenoxy) is 2. The molecule has 1 N–H and O–H groups in total. The van der Waals surface area contributed by atoms with E-state index < -0.39 is 0 Å². The number of unbranched alkanes of at least 4 members (excludes halogenated alkanes) is 2. The van der Waals surface area contributed by atoms with Crippen LogP contribution in [0, 0.1) is 0 Å². The molecule has 1 aromatic rings. The van der Waals surface area contributed by atoms with E-state index in [1.54, 1.807) is 0 Å². The molecule has 0 atom stereocenters. The van der Waals surface area contributed by atoms with Crippen LogP contribution in [-0.4, -0.2) is 35.2 Å². The minimum absolute atomic E-state index is 0.272. The van der Waals surface area contributed by atoms with Crippen molar-refractivity contribution >= 4 is 5.95 Å². The quantitative estimate of drug-likeness (QED) is 0.682. The van der Waals surface area contributed by atoms with Gasteiger partial charge in [0.15, 0.2) is 0 Å². The van der Waals surface area contributed by atoms with E-state index in [9.17, 15) is 0 Å². The van der Waals surface area contributed by atoms with Crippen LogP contribution in [0.25, 0.3) is 0 Å². The summed E-state index contributed by atoms with van der Waals surface area (Å²) >= 11 is 0. The third kappa shape index (κ3) is 5.16. The first-order valence-corrected chi connectivity index (χ1v) is 6.46. The fraction of sp³-hybridized carbons (Fsp3) is 0.750. The molecule has 0 aliphatic heterocycles. The average molecular weight is 254 g/mol. The van der Waals surface area contributed by atoms with Gasteiger partial charge in [0.1, 0.15) is 0 Å². The maximum Gasteiger partial charge on any atom is 0.324 e. The van der Waals surface area contributed by atoms with Gasteiger partial charge in [0.25, 0.3) is 0 Å². The smallest absolute Gasteiger partial charge is 0.324 e. The summed E-state index contributed by atoms with van der Waals surface area (Å²) in [6, 6.07) is 0.589. The number of nitrogens with one attached hydrogen (secondary N) is 1. The summed E-state index contributed by atoms with van der Waals surface area (Å²) in [6.07, 6.45) is 4.30. The van der Waals surface area contributed by atoms with Gasteiger partial charge in [-0.15, -0.1) is 4.98 Å². The van der Waals surface area contributed by atoms with E-state index >= 15 is 0 Å². The fourth-order valence-electron chi connectivity index (χ4n) is 1.33. The molecule has 0 fully saturated rings. The predicted octanol–water partition coefficient (Wildman–Crippen LogP) is 2.27. The van der Waals surface area contributed by atoms with E-state index in [0.717, 1.165) is 32.2 Å². The Labute approximate surface area is 108 Å². The van der Waals surface area contributed by atoms with Crippen LogP contribution in [0.1, 0.15) is 39.5 Å². The topological polar surface area (TPSA) is 69.2 Å². The molecule has 6 heteroatoms. The van der Waals surface area contributed by atoms with Gasteiger partial charge in [-0.2, -0.15) is 9.97 Å². The first kappa shape index (κ1) is 14.5. The molecule has 0 aliphatic carbocycles. The second-order valence-electron chi connectivity index (χ2n) is 3.91. The largest absolute Gasteiger partial charge is 0.467 e. The molecule has 6 nitrogen and oxygen atoms in total. The predicted molar refractivity (Wildman–Crippen MR) is 70.2 cm³/mol. The second-order valence-corrected chi connectivity index (χ2v) is 3.91. The van der Waals surface area contributed by atoms with Gasteiger partial charge in [0, 0.05) is 6.54 Å². The summed E-state index contributed by atoms with van der Waals surface area (Å²) < 4.78 is 10.5. The number of hydrogen-bond acceptors (Lipinski definition) is 6. The molecule has 0 spiro atoms. The first-order valence-electron chi connectivity index (χ1n) is 6.46. The van der Waals surface area contributed by atoms with E-state index in [4.69, 9.17) is 9.47 Å². The van der Waals surface area contributed by atoms with Crippen LogP contribution in [0.15, 0.2) is 0 Å². The molecular formula is C12H22N4O2. The molecule has 0 aromatic carbocycles. The van der Waals surface area contributed by atoms with Crippen molar-refractivity contribution in [2.45, 2.75) is 39.5 Å². The van der Waals surface area contributed by atoms with E-state index in [2.05, 4.69) is 34.1 Å². The Bertz CT molecular complexity index is 347. The third-order valence-corrected chi connectivity index (χ3v) is 2.29. The number of methoxy groups -OCH3 is 1. The van der Waals surface area contributed by atoms with Crippen LogP contribution in [0.3, 0.4) is 0 Å². The van der Waals surface area contributed by atoms with Crippen molar-refractivity contribution in [1.29, 1.82) is 0 Å². The fourth-order valence-corrected chi connectivity index (χ4v) is 1.33. The lowest BCUT2D eigenvalue weighted by Crippen LogP contribution is -2.09. The van der Waals surface area contributed by atoms with Crippen molar-refractivity contribution in [3.05, 3.63) is 0 Å². The van der Waals surface area contributed by atoms with Crippen molar-refractivity contribution in [2.24, 2.45) is 0 Å². The number of hydrogen-bond donors (Lipinski definition) is 1.